The van der Waals surface area contributed by atoms with Gasteiger partial charge in [0.1, 0.15) is 17.5 Å². The number of hydrogen-bond donors (Lipinski definition) is 2. The molecule has 1 fully saturated rings. The number of hydrogen-bond acceptors (Lipinski definition) is 4. The average Bonchev–Trinajstić information content (AvgIpc) is 3.40. The Morgan fingerprint density at radius 2 is 2.11 bits per heavy atom. The van der Waals surface area contributed by atoms with Crippen molar-refractivity contribution in [2.45, 2.75) is 33.4 Å². The van der Waals surface area contributed by atoms with Gasteiger partial charge in [-0.05, 0) is 25.0 Å². The first-order valence-corrected chi connectivity index (χ1v) is 9.95. The smallest absolute Gasteiger partial charge is 0.231 e. The number of anilines is 1. The first kappa shape index (κ1) is 21.3. The fourth-order valence-corrected chi connectivity index (χ4v) is 3.28. The molecule has 1 saturated carbocycles. The second-order valence-electron chi connectivity index (χ2n) is 6.08. The molecule has 2 heterocycles. The number of carbonyl (C=O) groups is 1. The van der Waals surface area contributed by atoms with Crippen LogP contribution in [0, 0.1) is 5.92 Å². The highest BCUT2D eigenvalue weighted by atomic mass is 127. The van der Waals surface area contributed by atoms with E-state index in [1.807, 2.05) is 44.7 Å². The second-order valence-corrected chi connectivity index (χ2v) is 6.70. The van der Waals surface area contributed by atoms with Crippen LogP contribution >= 0.6 is 22.9 Å². The van der Waals surface area contributed by atoms with Crippen LogP contribution in [0.15, 0.2) is 29.5 Å². The number of nitrogens with zero attached hydrogens (tertiary/aromatic N) is 3. The number of aromatic nitrogens is 2. The third-order valence-electron chi connectivity index (χ3n) is 4.34. The Morgan fingerprint density at radius 3 is 2.67 bits per heavy atom. The van der Waals surface area contributed by atoms with Gasteiger partial charge in [-0.3, -0.25) is 9.79 Å². The molecule has 1 aliphatic rings. The number of alkyl halides is 1. The van der Waals surface area contributed by atoms with Gasteiger partial charge in [0, 0.05) is 43.5 Å². The highest BCUT2D eigenvalue weighted by molar-refractivity contribution is 14.1. The molecule has 0 bridgehead atoms. The summed E-state index contributed by atoms with van der Waals surface area (Å²) in [6.45, 7) is 6.01. The van der Waals surface area contributed by atoms with Gasteiger partial charge in [-0.2, -0.15) is 0 Å². The van der Waals surface area contributed by atoms with Gasteiger partial charge in [0.2, 0.25) is 5.91 Å². The molecular weight excluding hydrogens is 460 g/mol. The van der Waals surface area contributed by atoms with Crippen molar-refractivity contribution in [3.05, 3.63) is 35.6 Å². The van der Waals surface area contributed by atoms with Crippen LogP contribution < -0.4 is 14.3 Å². The van der Waals surface area contributed by atoms with Crippen LogP contribution in [0.5, 0.6) is 0 Å². The molecule has 2 unspecified atom stereocenters. The van der Waals surface area contributed by atoms with Crippen molar-refractivity contribution in [2.75, 3.05) is 12.4 Å². The van der Waals surface area contributed by atoms with Gasteiger partial charge in [-0.25, -0.2) is 9.37 Å². The van der Waals surface area contributed by atoms with E-state index >= 15 is 0 Å². The normalized spacial score (nSPS) is 19.4. The topological polar surface area (TPSA) is 71.3 Å². The lowest BCUT2D eigenvalue weighted by atomic mass is 10.1. The van der Waals surface area contributed by atoms with E-state index in [0.29, 0.717) is 12.2 Å². The molecule has 2 aromatic rings. The van der Waals surface area contributed by atoms with Crippen molar-refractivity contribution in [3.63, 3.8) is 0 Å². The molecule has 0 radical (unpaired) electrons. The monoisotopic (exact) mass is 485 g/mol. The van der Waals surface area contributed by atoms with E-state index in [1.165, 1.54) is 0 Å². The molecule has 2 N–H and O–H groups in total. The molecular formula is C19H25FIN5O. The van der Waals surface area contributed by atoms with Crippen LogP contribution in [0.2, 0.25) is 0 Å². The number of aryl methyl sites for hydroxylation is 1. The fraction of sp³-hybridized carbons (Fsp3) is 0.421. The van der Waals surface area contributed by atoms with Crippen LogP contribution in [0.3, 0.4) is 0 Å². The zero-order chi connectivity index (χ0) is 20.1. The van der Waals surface area contributed by atoms with Crippen LogP contribution in [0.4, 0.5) is 10.2 Å². The Kier molecular flexibility index (Phi) is 7.34. The lowest BCUT2D eigenvalue weighted by Gasteiger charge is -2.13. The first-order chi connectivity index (χ1) is 13.0. The highest BCUT2D eigenvalue weighted by Gasteiger charge is 2.43. The van der Waals surface area contributed by atoms with Gasteiger partial charge in [0.05, 0.1) is 34.3 Å². The van der Waals surface area contributed by atoms with Crippen molar-refractivity contribution < 1.29 is 9.18 Å². The Morgan fingerprint density at radius 1 is 1.44 bits per heavy atom. The summed E-state index contributed by atoms with van der Waals surface area (Å²) < 4.78 is 18.0. The Bertz CT molecular complexity index is 938. The van der Waals surface area contributed by atoms with E-state index < -0.39 is 12.1 Å². The molecule has 0 saturated heterocycles. The molecule has 6 nitrogen and oxygen atoms in total. The lowest BCUT2D eigenvalue weighted by Crippen LogP contribution is -2.23. The van der Waals surface area contributed by atoms with Crippen molar-refractivity contribution >= 4 is 51.1 Å². The van der Waals surface area contributed by atoms with Crippen LogP contribution in [-0.4, -0.2) is 28.7 Å². The Balaban J connectivity index is 0.00000126. The quantitative estimate of drug-likeness (QED) is 0.513. The Hall–Kier alpha value is -1.97. The van der Waals surface area contributed by atoms with Crippen molar-refractivity contribution in [1.29, 1.82) is 0 Å². The van der Waals surface area contributed by atoms with Crippen LogP contribution in [0.25, 0.3) is 16.5 Å². The van der Waals surface area contributed by atoms with Crippen molar-refractivity contribution in [3.8, 4) is 0 Å². The maximum absolute atomic E-state index is 13.0. The third-order valence-corrected chi connectivity index (χ3v) is 4.65. The summed E-state index contributed by atoms with van der Waals surface area (Å²) in [5, 5.41) is 3.62. The molecule has 0 aromatic carbocycles. The molecule has 0 aliphatic heterocycles. The molecule has 27 heavy (non-hydrogen) atoms. The number of carbonyl (C=O) groups excluding carboxylic acids is 1. The van der Waals surface area contributed by atoms with Gasteiger partial charge in [-0.15, -0.1) is 0 Å². The predicted molar refractivity (Wildman–Crippen MR) is 116 cm³/mol. The van der Waals surface area contributed by atoms with Gasteiger partial charge < -0.3 is 13.4 Å². The van der Waals surface area contributed by atoms with E-state index in [0.717, 1.165) is 27.5 Å². The summed E-state index contributed by atoms with van der Waals surface area (Å²) in [5.74, 6) is -0.433. The minimum atomic E-state index is -1.02. The van der Waals surface area contributed by atoms with E-state index in [1.54, 1.807) is 19.3 Å². The van der Waals surface area contributed by atoms with Gasteiger partial charge >= 0.3 is 0 Å². The summed E-state index contributed by atoms with van der Waals surface area (Å²) in [4.78, 5) is 20.6. The van der Waals surface area contributed by atoms with E-state index in [-0.39, 0.29) is 5.91 Å². The number of rotatable bonds is 4. The highest BCUT2D eigenvalue weighted by Crippen LogP contribution is 2.34. The summed E-state index contributed by atoms with van der Waals surface area (Å²) >= 11 is 2.06. The zero-order valence-corrected chi connectivity index (χ0v) is 18.3. The molecule has 146 valence electrons. The van der Waals surface area contributed by atoms with Gasteiger partial charge in [0.25, 0.3) is 0 Å². The summed E-state index contributed by atoms with van der Waals surface area (Å²) in [5.41, 5.74) is 3.76. The van der Waals surface area contributed by atoms with Crippen LogP contribution in [-0.2, 0) is 11.8 Å². The number of halogens is 2. The van der Waals surface area contributed by atoms with E-state index in [4.69, 9.17) is 0 Å². The number of allylic oxidation sites excluding steroid dienone is 1. The first-order valence-electron chi connectivity index (χ1n) is 8.87. The summed E-state index contributed by atoms with van der Waals surface area (Å²) in [7, 11) is 3.66. The molecule has 3 rings (SSSR count). The number of amides is 1. The number of pyridine rings is 2. The second kappa shape index (κ2) is 9.29. The molecule has 1 amide bonds. The third kappa shape index (κ3) is 4.66. The standard InChI is InChI=1S/C17H19FIN5O.C2H6/c1-9(7-22-19)11-4-10-8-21-15(23-17(25)12-5-13(12)18)6-14(10)24(3)16(11)20-2;1-2/h4,6-8,12-13,22H,5H2,1-3H3,(H,21,23,25);1-2H3/b9-7+,20-16?;. The molecule has 0 spiro atoms. The SMILES string of the molecule is CC.CN=c1c(/C(C)=C/NI)cc2cnc(NC(=O)C3CC3F)cc2n1C. The molecule has 2 aromatic heterocycles. The van der Waals surface area contributed by atoms with Gasteiger partial charge in [-0.1, -0.05) is 13.8 Å². The van der Waals surface area contributed by atoms with Crippen molar-refractivity contribution in [1.82, 2.24) is 13.1 Å². The van der Waals surface area contributed by atoms with Crippen molar-refractivity contribution in [2.24, 2.45) is 18.0 Å². The molecule has 8 heteroatoms. The van der Waals surface area contributed by atoms with E-state index in [9.17, 15) is 9.18 Å². The minimum absolute atomic E-state index is 0.297. The van der Waals surface area contributed by atoms with Gasteiger partial charge in [0.15, 0.2) is 0 Å². The fourth-order valence-electron chi connectivity index (χ4n) is 2.81. The largest absolute Gasteiger partial charge is 0.335 e. The van der Waals surface area contributed by atoms with E-state index in [2.05, 4.69) is 41.7 Å². The Labute approximate surface area is 172 Å². The lowest BCUT2D eigenvalue weighted by molar-refractivity contribution is -0.117. The number of fused-ring (bicyclic) bond motifs is 1. The molecule has 2 atom stereocenters. The maximum atomic E-state index is 13.0. The minimum Gasteiger partial charge on any atom is -0.335 e. The average molecular weight is 485 g/mol. The summed E-state index contributed by atoms with van der Waals surface area (Å²) in [6.07, 6.45) is 2.89. The maximum Gasteiger partial charge on any atom is 0.231 e. The zero-order valence-electron chi connectivity index (χ0n) is 16.2. The van der Waals surface area contributed by atoms with Crippen LogP contribution in [0.1, 0.15) is 32.8 Å². The predicted octanol–water partition coefficient (Wildman–Crippen LogP) is 3.73. The number of nitrogens with one attached hydrogen (secondary N) is 2. The molecule has 1 aliphatic carbocycles. The summed E-state index contributed by atoms with van der Waals surface area (Å²) in [6, 6.07) is 3.81.